The van der Waals surface area contributed by atoms with Gasteiger partial charge in [-0.2, -0.15) is 0 Å². The zero-order chi connectivity index (χ0) is 21.2. The second-order valence-electron chi connectivity index (χ2n) is 7.09. The molecular formula is C25H27N3O2. The summed E-state index contributed by atoms with van der Waals surface area (Å²) >= 11 is 0. The van der Waals surface area contributed by atoms with Gasteiger partial charge in [0.05, 0.1) is 6.54 Å². The number of benzene rings is 3. The minimum Gasteiger partial charge on any atom is -0.375 e. The molecule has 3 aromatic rings. The maximum Gasteiger partial charge on any atom is 0.251 e. The summed E-state index contributed by atoms with van der Waals surface area (Å²) in [5.74, 6) is -0.444. The highest BCUT2D eigenvalue weighted by Crippen LogP contribution is 2.19. The van der Waals surface area contributed by atoms with Gasteiger partial charge in [0, 0.05) is 31.4 Å². The molecular weight excluding hydrogens is 374 g/mol. The highest BCUT2D eigenvalue weighted by Gasteiger charge is 2.08. The van der Waals surface area contributed by atoms with E-state index in [0.29, 0.717) is 12.1 Å². The highest BCUT2D eigenvalue weighted by molar-refractivity contribution is 5.96. The van der Waals surface area contributed by atoms with Crippen LogP contribution in [0.5, 0.6) is 0 Å². The van der Waals surface area contributed by atoms with Crippen LogP contribution in [0.15, 0.2) is 84.9 Å². The fourth-order valence-electron chi connectivity index (χ4n) is 3.13. The Labute approximate surface area is 177 Å². The van der Waals surface area contributed by atoms with Crippen molar-refractivity contribution in [3.8, 4) is 11.1 Å². The lowest BCUT2D eigenvalue weighted by Gasteiger charge is -2.19. The van der Waals surface area contributed by atoms with Crippen molar-refractivity contribution < 1.29 is 9.59 Å². The van der Waals surface area contributed by atoms with Crippen molar-refractivity contribution in [2.45, 2.75) is 6.42 Å². The average molecular weight is 402 g/mol. The fraction of sp³-hybridized carbons (Fsp3) is 0.200. The van der Waals surface area contributed by atoms with Crippen molar-refractivity contribution in [3.63, 3.8) is 0 Å². The van der Waals surface area contributed by atoms with Gasteiger partial charge in [0.1, 0.15) is 0 Å². The summed E-state index contributed by atoms with van der Waals surface area (Å²) in [6, 6.07) is 27.5. The van der Waals surface area contributed by atoms with Crippen molar-refractivity contribution in [3.05, 3.63) is 90.5 Å². The van der Waals surface area contributed by atoms with E-state index < -0.39 is 0 Å². The molecule has 5 nitrogen and oxygen atoms in total. The number of amides is 2. The number of para-hydroxylation sites is 1. The third kappa shape index (κ3) is 6.21. The summed E-state index contributed by atoms with van der Waals surface area (Å²) in [5, 5.41) is 5.52. The number of hydrogen-bond donors (Lipinski definition) is 2. The zero-order valence-corrected chi connectivity index (χ0v) is 17.2. The van der Waals surface area contributed by atoms with Crippen LogP contribution in [0, 0.1) is 0 Å². The molecule has 154 valence electrons. The van der Waals surface area contributed by atoms with Crippen LogP contribution < -0.4 is 15.5 Å². The van der Waals surface area contributed by atoms with Gasteiger partial charge in [0.25, 0.3) is 5.91 Å². The lowest BCUT2D eigenvalue weighted by atomic mass is 10.0. The highest BCUT2D eigenvalue weighted by atomic mass is 16.2. The molecule has 0 aromatic heterocycles. The van der Waals surface area contributed by atoms with Crippen LogP contribution in [0.2, 0.25) is 0 Å². The Kier molecular flexibility index (Phi) is 7.61. The average Bonchev–Trinajstić information content (AvgIpc) is 2.81. The van der Waals surface area contributed by atoms with Crippen LogP contribution >= 0.6 is 0 Å². The topological polar surface area (TPSA) is 61.4 Å². The van der Waals surface area contributed by atoms with E-state index in [2.05, 4.69) is 27.7 Å². The smallest absolute Gasteiger partial charge is 0.251 e. The predicted octanol–water partition coefficient (Wildman–Crippen LogP) is 3.73. The Bertz CT molecular complexity index is 941. The van der Waals surface area contributed by atoms with E-state index in [1.807, 2.05) is 67.7 Å². The van der Waals surface area contributed by atoms with Crippen LogP contribution in [-0.4, -0.2) is 38.5 Å². The molecule has 0 spiro atoms. The van der Waals surface area contributed by atoms with Crippen LogP contribution in [0.1, 0.15) is 16.8 Å². The monoisotopic (exact) mass is 401 g/mol. The van der Waals surface area contributed by atoms with E-state index >= 15 is 0 Å². The third-order valence-electron chi connectivity index (χ3n) is 4.85. The second kappa shape index (κ2) is 10.8. The van der Waals surface area contributed by atoms with Crippen molar-refractivity contribution in [1.29, 1.82) is 0 Å². The van der Waals surface area contributed by atoms with E-state index in [1.165, 1.54) is 0 Å². The number of nitrogens with zero attached hydrogens (tertiary/aromatic N) is 1. The third-order valence-corrected chi connectivity index (χ3v) is 4.85. The molecule has 2 N–H and O–H groups in total. The van der Waals surface area contributed by atoms with Gasteiger partial charge in [0.15, 0.2) is 0 Å². The number of carbonyl (C=O) groups is 2. The predicted molar refractivity (Wildman–Crippen MR) is 122 cm³/mol. The lowest BCUT2D eigenvalue weighted by Crippen LogP contribution is -2.37. The molecule has 0 aliphatic rings. The molecule has 0 saturated carbocycles. The minimum absolute atomic E-state index is 0.0339. The van der Waals surface area contributed by atoms with Crippen molar-refractivity contribution >= 4 is 17.5 Å². The molecule has 3 rings (SSSR count). The first kappa shape index (κ1) is 21.1. The fourth-order valence-corrected chi connectivity index (χ4v) is 3.13. The van der Waals surface area contributed by atoms with Gasteiger partial charge in [-0.3, -0.25) is 9.59 Å². The van der Waals surface area contributed by atoms with Gasteiger partial charge in [-0.1, -0.05) is 60.7 Å². The zero-order valence-electron chi connectivity index (χ0n) is 17.2. The maximum atomic E-state index is 12.3. The Morgan fingerprint density at radius 1 is 0.767 bits per heavy atom. The normalized spacial score (nSPS) is 10.3. The molecule has 0 unspecified atom stereocenters. The summed E-state index contributed by atoms with van der Waals surface area (Å²) < 4.78 is 0. The molecule has 0 atom stereocenters. The SMILES string of the molecule is CN(CCCNC(=O)CNC(=O)c1ccc(-c2ccccc2)cc1)c1ccccc1. The minimum atomic E-state index is -0.256. The van der Waals surface area contributed by atoms with Crippen LogP contribution in [0.25, 0.3) is 11.1 Å². The molecule has 3 aromatic carbocycles. The quantitative estimate of drug-likeness (QED) is 0.537. The molecule has 5 heteroatoms. The number of carbonyl (C=O) groups excluding carboxylic acids is 2. The van der Waals surface area contributed by atoms with Crippen LogP contribution in [0.4, 0.5) is 5.69 Å². The van der Waals surface area contributed by atoms with E-state index in [4.69, 9.17) is 0 Å². The molecule has 0 bridgehead atoms. The number of nitrogens with one attached hydrogen (secondary N) is 2. The summed E-state index contributed by atoms with van der Waals surface area (Å²) in [5.41, 5.74) is 3.83. The molecule has 0 aliphatic heterocycles. The first-order valence-electron chi connectivity index (χ1n) is 10.1. The van der Waals surface area contributed by atoms with Gasteiger partial charge in [-0.05, 0) is 41.8 Å². The van der Waals surface area contributed by atoms with Crippen LogP contribution in [-0.2, 0) is 4.79 Å². The second-order valence-corrected chi connectivity index (χ2v) is 7.09. The molecule has 0 heterocycles. The molecule has 0 radical (unpaired) electrons. The van der Waals surface area contributed by atoms with Crippen LogP contribution in [0.3, 0.4) is 0 Å². The standard InChI is InChI=1S/C25H27N3O2/c1-28(23-11-6-3-7-12-23)18-8-17-26-24(29)19-27-25(30)22-15-13-21(14-16-22)20-9-4-2-5-10-20/h2-7,9-16H,8,17-19H2,1H3,(H,26,29)(H,27,30). The lowest BCUT2D eigenvalue weighted by molar-refractivity contribution is -0.120. The number of rotatable bonds is 9. The summed E-state index contributed by atoms with van der Waals surface area (Å²) in [7, 11) is 2.03. The largest absolute Gasteiger partial charge is 0.375 e. The van der Waals surface area contributed by atoms with Gasteiger partial charge >= 0.3 is 0 Å². The van der Waals surface area contributed by atoms with Gasteiger partial charge in [-0.25, -0.2) is 0 Å². The van der Waals surface area contributed by atoms with Gasteiger partial charge in [-0.15, -0.1) is 0 Å². The first-order valence-corrected chi connectivity index (χ1v) is 10.1. The summed E-state index contributed by atoms with van der Waals surface area (Å²) in [4.78, 5) is 26.4. The van der Waals surface area contributed by atoms with Crippen molar-refractivity contribution in [1.82, 2.24) is 10.6 Å². The maximum absolute atomic E-state index is 12.3. The molecule has 2 amide bonds. The number of anilines is 1. The van der Waals surface area contributed by atoms with E-state index in [9.17, 15) is 9.59 Å². The Balaban J connectivity index is 1.36. The molecule has 0 fully saturated rings. The van der Waals surface area contributed by atoms with E-state index in [-0.39, 0.29) is 18.4 Å². The van der Waals surface area contributed by atoms with Crippen molar-refractivity contribution in [2.75, 3.05) is 31.6 Å². The summed E-state index contributed by atoms with van der Waals surface area (Å²) in [6.45, 7) is 1.37. The van der Waals surface area contributed by atoms with E-state index in [1.54, 1.807) is 12.1 Å². The Morgan fingerprint density at radius 2 is 1.37 bits per heavy atom. The Morgan fingerprint density at radius 3 is 2.03 bits per heavy atom. The Hall–Kier alpha value is -3.60. The molecule has 30 heavy (non-hydrogen) atoms. The molecule has 0 saturated heterocycles. The number of hydrogen-bond acceptors (Lipinski definition) is 3. The van der Waals surface area contributed by atoms with Gasteiger partial charge < -0.3 is 15.5 Å². The van der Waals surface area contributed by atoms with E-state index in [0.717, 1.165) is 29.8 Å². The van der Waals surface area contributed by atoms with Crippen molar-refractivity contribution in [2.24, 2.45) is 0 Å². The summed E-state index contributed by atoms with van der Waals surface area (Å²) in [6.07, 6.45) is 0.825. The molecule has 0 aliphatic carbocycles. The van der Waals surface area contributed by atoms with Gasteiger partial charge in [0.2, 0.25) is 5.91 Å². The first-order chi connectivity index (χ1) is 14.6.